The standard InChI is InChI=1S/C19H25NO2/c1-14-10-15(2)16(3)19(11-14)22-9-8-21-18-7-5-6-17(12-18)13-20-4/h5-7,10-12,20H,8-9,13H2,1-4H3. The van der Waals surface area contributed by atoms with Crippen LogP contribution in [-0.4, -0.2) is 20.3 Å². The lowest BCUT2D eigenvalue weighted by molar-refractivity contribution is 0.216. The molecular weight excluding hydrogens is 274 g/mol. The quantitative estimate of drug-likeness (QED) is 0.789. The summed E-state index contributed by atoms with van der Waals surface area (Å²) in [5, 5.41) is 3.14. The van der Waals surface area contributed by atoms with E-state index >= 15 is 0 Å². The number of benzene rings is 2. The van der Waals surface area contributed by atoms with Crippen LogP contribution in [0.5, 0.6) is 11.5 Å². The van der Waals surface area contributed by atoms with Crippen molar-refractivity contribution in [1.29, 1.82) is 0 Å². The minimum atomic E-state index is 0.537. The minimum absolute atomic E-state index is 0.537. The summed E-state index contributed by atoms with van der Waals surface area (Å²) in [6, 6.07) is 12.4. The second-order valence-corrected chi connectivity index (χ2v) is 5.58. The van der Waals surface area contributed by atoms with Gasteiger partial charge < -0.3 is 14.8 Å². The fourth-order valence-electron chi connectivity index (χ4n) is 2.41. The van der Waals surface area contributed by atoms with E-state index in [0.29, 0.717) is 13.2 Å². The van der Waals surface area contributed by atoms with Crippen molar-refractivity contribution in [2.45, 2.75) is 27.3 Å². The van der Waals surface area contributed by atoms with Crippen molar-refractivity contribution >= 4 is 0 Å². The van der Waals surface area contributed by atoms with Crippen LogP contribution in [0.1, 0.15) is 22.3 Å². The maximum absolute atomic E-state index is 5.86. The van der Waals surface area contributed by atoms with Gasteiger partial charge in [0.15, 0.2) is 0 Å². The molecule has 0 fully saturated rings. The van der Waals surface area contributed by atoms with E-state index < -0.39 is 0 Å². The van der Waals surface area contributed by atoms with Crippen LogP contribution in [0.4, 0.5) is 0 Å². The molecule has 0 saturated carbocycles. The Balaban J connectivity index is 1.86. The average molecular weight is 299 g/mol. The van der Waals surface area contributed by atoms with Crippen molar-refractivity contribution in [3.05, 3.63) is 58.7 Å². The van der Waals surface area contributed by atoms with Crippen LogP contribution in [0.2, 0.25) is 0 Å². The summed E-state index contributed by atoms with van der Waals surface area (Å²) < 4.78 is 11.6. The number of aryl methyl sites for hydroxylation is 2. The predicted octanol–water partition coefficient (Wildman–Crippen LogP) is 3.79. The first kappa shape index (κ1) is 16.4. The fourth-order valence-corrected chi connectivity index (χ4v) is 2.41. The monoisotopic (exact) mass is 299 g/mol. The number of ether oxygens (including phenoxy) is 2. The SMILES string of the molecule is CNCc1cccc(OCCOc2cc(C)cc(C)c2C)c1. The highest BCUT2D eigenvalue weighted by atomic mass is 16.5. The third-order valence-corrected chi connectivity index (χ3v) is 3.65. The fraction of sp³-hybridized carbons (Fsp3) is 0.368. The topological polar surface area (TPSA) is 30.5 Å². The van der Waals surface area contributed by atoms with E-state index in [0.717, 1.165) is 18.0 Å². The lowest BCUT2D eigenvalue weighted by Gasteiger charge is -2.13. The van der Waals surface area contributed by atoms with Crippen molar-refractivity contribution in [3.63, 3.8) is 0 Å². The molecule has 0 heterocycles. The Morgan fingerprint density at radius 2 is 1.73 bits per heavy atom. The normalized spacial score (nSPS) is 10.5. The molecule has 118 valence electrons. The Bertz CT molecular complexity index is 623. The van der Waals surface area contributed by atoms with Gasteiger partial charge in [0.2, 0.25) is 0 Å². The lowest BCUT2D eigenvalue weighted by Crippen LogP contribution is -2.10. The smallest absolute Gasteiger partial charge is 0.122 e. The van der Waals surface area contributed by atoms with E-state index in [1.54, 1.807) is 0 Å². The molecule has 0 amide bonds. The van der Waals surface area contributed by atoms with Gasteiger partial charge >= 0.3 is 0 Å². The minimum Gasteiger partial charge on any atom is -0.490 e. The summed E-state index contributed by atoms with van der Waals surface area (Å²) in [5.41, 5.74) is 4.89. The van der Waals surface area contributed by atoms with Gasteiger partial charge in [-0.1, -0.05) is 18.2 Å². The molecule has 0 aliphatic heterocycles. The van der Waals surface area contributed by atoms with Crippen molar-refractivity contribution in [3.8, 4) is 11.5 Å². The first-order valence-electron chi connectivity index (χ1n) is 7.67. The highest BCUT2D eigenvalue weighted by Gasteiger charge is 2.04. The Morgan fingerprint density at radius 3 is 2.50 bits per heavy atom. The first-order valence-corrected chi connectivity index (χ1v) is 7.67. The Hall–Kier alpha value is -2.00. The molecule has 2 aromatic rings. The Morgan fingerprint density at radius 1 is 0.955 bits per heavy atom. The molecule has 0 radical (unpaired) electrons. The van der Waals surface area contributed by atoms with Crippen LogP contribution >= 0.6 is 0 Å². The third-order valence-electron chi connectivity index (χ3n) is 3.65. The number of hydrogen-bond acceptors (Lipinski definition) is 3. The number of hydrogen-bond donors (Lipinski definition) is 1. The summed E-state index contributed by atoms with van der Waals surface area (Å²) in [5.74, 6) is 1.83. The molecule has 1 N–H and O–H groups in total. The zero-order chi connectivity index (χ0) is 15.9. The number of nitrogens with one attached hydrogen (secondary N) is 1. The van der Waals surface area contributed by atoms with Gasteiger partial charge in [-0.15, -0.1) is 0 Å². The second kappa shape index (κ2) is 7.85. The van der Waals surface area contributed by atoms with Crippen molar-refractivity contribution in [1.82, 2.24) is 5.32 Å². The largest absolute Gasteiger partial charge is 0.490 e. The maximum atomic E-state index is 5.86. The summed E-state index contributed by atoms with van der Waals surface area (Å²) in [6.45, 7) is 8.21. The highest BCUT2D eigenvalue weighted by molar-refractivity contribution is 5.41. The van der Waals surface area contributed by atoms with Gasteiger partial charge in [-0.25, -0.2) is 0 Å². The molecule has 0 spiro atoms. The van der Waals surface area contributed by atoms with Gasteiger partial charge in [-0.05, 0) is 68.3 Å². The predicted molar refractivity (Wildman–Crippen MR) is 90.8 cm³/mol. The van der Waals surface area contributed by atoms with Gasteiger partial charge in [0.25, 0.3) is 0 Å². The molecule has 0 aliphatic rings. The van der Waals surface area contributed by atoms with Gasteiger partial charge in [0, 0.05) is 6.54 Å². The molecule has 3 nitrogen and oxygen atoms in total. The Labute approximate surface area is 133 Å². The molecular formula is C19H25NO2. The van der Waals surface area contributed by atoms with Gasteiger partial charge in [-0.3, -0.25) is 0 Å². The molecule has 2 aromatic carbocycles. The van der Waals surface area contributed by atoms with E-state index in [1.807, 2.05) is 19.2 Å². The van der Waals surface area contributed by atoms with Crippen molar-refractivity contribution in [2.24, 2.45) is 0 Å². The second-order valence-electron chi connectivity index (χ2n) is 5.58. The van der Waals surface area contributed by atoms with Gasteiger partial charge in [0.1, 0.15) is 24.7 Å². The first-order chi connectivity index (χ1) is 10.6. The molecule has 0 aliphatic carbocycles. The summed E-state index contributed by atoms with van der Waals surface area (Å²) >= 11 is 0. The molecule has 0 bridgehead atoms. The van der Waals surface area contributed by atoms with Crippen LogP contribution in [0.15, 0.2) is 36.4 Å². The number of rotatable bonds is 7. The molecule has 22 heavy (non-hydrogen) atoms. The average Bonchev–Trinajstić information content (AvgIpc) is 2.49. The van der Waals surface area contributed by atoms with E-state index in [-0.39, 0.29) is 0 Å². The molecule has 3 heteroatoms. The molecule has 2 rings (SSSR count). The van der Waals surface area contributed by atoms with Crippen LogP contribution < -0.4 is 14.8 Å². The van der Waals surface area contributed by atoms with Crippen LogP contribution in [-0.2, 0) is 6.54 Å². The van der Waals surface area contributed by atoms with Crippen LogP contribution in [0.25, 0.3) is 0 Å². The molecule has 0 saturated heterocycles. The van der Waals surface area contributed by atoms with Crippen molar-refractivity contribution in [2.75, 3.05) is 20.3 Å². The zero-order valence-corrected chi connectivity index (χ0v) is 13.9. The summed E-state index contributed by atoms with van der Waals surface area (Å²) in [6.07, 6.45) is 0. The van der Waals surface area contributed by atoms with E-state index in [1.165, 1.54) is 22.3 Å². The highest BCUT2D eigenvalue weighted by Crippen LogP contribution is 2.23. The lowest BCUT2D eigenvalue weighted by atomic mass is 10.1. The molecule has 0 unspecified atom stereocenters. The summed E-state index contributed by atoms with van der Waals surface area (Å²) in [4.78, 5) is 0. The van der Waals surface area contributed by atoms with E-state index in [4.69, 9.17) is 9.47 Å². The van der Waals surface area contributed by atoms with Crippen molar-refractivity contribution < 1.29 is 9.47 Å². The Kier molecular flexibility index (Phi) is 5.84. The maximum Gasteiger partial charge on any atom is 0.122 e. The van der Waals surface area contributed by atoms with Gasteiger partial charge in [-0.2, -0.15) is 0 Å². The van der Waals surface area contributed by atoms with Gasteiger partial charge in [0.05, 0.1) is 0 Å². The zero-order valence-electron chi connectivity index (χ0n) is 13.9. The molecule has 0 atom stereocenters. The van der Waals surface area contributed by atoms with Crippen LogP contribution in [0.3, 0.4) is 0 Å². The van der Waals surface area contributed by atoms with E-state index in [9.17, 15) is 0 Å². The van der Waals surface area contributed by atoms with Crippen LogP contribution in [0, 0.1) is 20.8 Å². The van der Waals surface area contributed by atoms with E-state index in [2.05, 4.69) is 50.4 Å². The molecule has 0 aromatic heterocycles. The third kappa shape index (κ3) is 4.50. The summed E-state index contributed by atoms with van der Waals surface area (Å²) in [7, 11) is 1.94.